The van der Waals surface area contributed by atoms with Crippen molar-refractivity contribution in [3.8, 4) is 0 Å². The standard InChI is InChI=1S/C8H18O.C6H12O3/c1-3-5-7-9-8-6-4-2;1-6(8)9-5-3-2-4-7/h3-8H2,1-2H3;7H,2-5H2,1H3. The van der Waals surface area contributed by atoms with Crippen LogP contribution in [-0.4, -0.2) is 37.5 Å². The highest BCUT2D eigenvalue weighted by Gasteiger charge is 1.90. The Bertz CT molecular complexity index is 154. The number of hydrogen-bond donors (Lipinski definition) is 1. The van der Waals surface area contributed by atoms with Gasteiger partial charge in [0.05, 0.1) is 6.61 Å². The van der Waals surface area contributed by atoms with Gasteiger partial charge < -0.3 is 14.6 Å². The molecule has 110 valence electrons. The van der Waals surface area contributed by atoms with E-state index in [4.69, 9.17) is 9.84 Å². The van der Waals surface area contributed by atoms with Crippen LogP contribution in [0.25, 0.3) is 0 Å². The molecule has 0 spiro atoms. The van der Waals surface area contributed by atoms with Crippen LogP contribution in [0.3, 0.4) is 0 Å². The molecule has 0 atom stereocenters. The third kappa shape index (κ3) is 24.6. The smallest absolute Gasteiger partial charge is 0.302 e. The number of carbonyl (C=O) groups is 1. The molecule has 0 rings (SSSR count). The van der Waals surface area contributed by atoms with E-state index in [-0.39, 0.29) is 12.6 Å². The molecule has 0 fully saturated rings. The summed E-state index contributed by atoms with van der Waals surface area (Å²) >= 11 is 0. The summed E-state index contributed by atoms with van der Waals surface area (Å²) in [4.78, 5) is 10.1. The van der Waals surface area contributed by atoms with Crippen molar-refractivity contribution in [1.29, 1.82) is 0 Å². The lowest BCUT2D eigenvalue weighted by Crippen LogP contribution is -2.00. The Kier molecular flexibility index (Phi) is 20.5. The van der Waals surface area contributed by atoms with Gasteiger partial charge in [0, 0.05) is 26.7 Å². The Morgan fingerprint density at radius 2 is 1.50 bits per heavy atom. The lowest BCUT2D eigenvalue weighted by atomic mass is 10.3. The van der Waals surface area contributed by atoms with Crippen LogP contribution in [0.2, 0.25) is 0 Å². The van der Waals surface area contributed by atoms with Crippen LogP contribution in [-0.2, 0) is 14.3 Å². The van der Waals surface area contributed by atoms with Crippen molar-refractivity contribution in [2.45, 2.75) is 59.3 Å². The Labute approximate surface area is 112 Å². The molecule has 0 aliphatic carbocycles. The van der Waals surface area contributed by atoms with Crippen molar-refractivity contribution in [3.63, 3.8) is 0 Å². The van der Waals surface area contributed by atoms with E-state index in [1.807, 2.05) is 0 Å². The number of esters is 1. The van der Waals surface area contributed by atoms with E-state index in [1.54, 1.807) is 0 Å². The molecule has 0 aromatic carbocycles. The molecule has 0 saturated heterocycles. The number of ether oxygens (including phenoxy) is 2. The highest BCUT2D eigenvalue weighted by atomic mass is 16.5. The van der Waals surface area contributed by atoms with Gasteiger partial charge in [-0.2, -0.15) is 0 Å². The lowest BCUT2D eigenvalue weighted by Gasteiger charge is -1.99. The van der Waals surface area contributed by atoms with Crippen LogP contribution in [0, 0.1) is 0 Å². The molecular formula is C14H30O4. The topological polar surface area (TPSA) is 55.8 Å². The fourth-order valence-corrected chi connectivity index (χ4v) is 1.02. The van der Waals surface area contributed by atoms with Crippen LogP contribution in [0.4, 0.5) is 0 Å². The zero-order valence-corrected chi connectivity index (χ0v) is 12.2. The molecular weight excluding hydrogens is 232 g/mol. The van der Waals surface area contributed by atoms with Gasteiger partial charge in [0.2, 0.25) is 0 Å². The fraction of sp³-hybridized carbons (Fsp3) is 0.929. The van der Waals surface area contributed by atoms with Crippen molar-refractivity contribution >= 4 is 5.97 Å². The molecule has 0 saturated carbocycles. The summed E-state index contributed by atoms with van der Waals surface area (Å²) in [5, 5.41) is 8.29. The lowest BCUT2D eigenvalue weighted by molar-refractivity contribution is -0.141. The van der Waals surface area contributed by atoms with Gasteiger partial charge in [0.25, 0.3) is 0 Å². The Morgan fingerprint density at radius 3 is 1.89 bits per heavy atom. The van der Waals surface area contributed by atoms with Crippen molar-refractivity contribution in [2.24, 2.45) is 0 Å². The fourth-order valence-electron chi connectivity index (χ4n) is 1.02. The number of unbranched alkanes of at least 4 members (excludes halogenated alkanes) is 3. The number of hydrogen-bond acceptors (Lipinski definition) is 4. The maximum absolute atomic E-state index is 10.1. The first-order valence-corrected chi connectivity index (χ1v) is 7.00. The van der Waals surface area contributed by atoms with Crippen LogP contribution < -0.4 is 0 Å². The molecule has 0 amide bonds. The molecule has 0 aliphatic heterocycles. The van der Waals surface area contributed by atoms with Crippen molar-refractivity contribution in [1.82, 2.24) is 0 Å². The molecule has 0 aromatic rings. The van der Waals surface area contributed by atoms with Gasteiger partial charge in [0.15, 0.2) is 0 Å². The second-order valence-corrected chi connectivity index (χ2v) is 4.09. The van der Waals surface area contributed by atoms with E-state index in [9.17, 15) is 4.79 Å². The molecule has 0 heterocycles. The van der Waals surface area contributed by atoms with E-state index in [2.05, 4.69) is 18.6 Å². The maximum Gasteiger partial charge on any atom is 0.302 e. The predicted octanol–water partition coefficient (Wildman–Crippen LogP) is 2.93. The third-order valence-electron chi connectivity index (χ3n) is 2.14. The summed E-state index contributed by atoms with van der Waals surface area (Å²) in [7, 11) is 0. The first-order valence-electron chi connectivity index (χ1n) is 7.00. The summed E-state index contributed by atoms with van der Waals surface area (Å²) in [5.74, 6) is -0.257. The first kappa shape index (κ1) is 19.7. The maximum atomic E-state index is 10.1. The highest BCUT2D eigenvalue weighted by Crippen LogP contribution is 1.91. The molecule has 1 N–H and O–H groups in total. The second kappa shape index (κ2) is 18.7. The summed E-state index contributed by atoms with van der Waals surface area (Å²) < 4.78 is 9.91. The first-order chi connectivity index (χ1) is 8.68. The minimum Gasteiger partial charge on any atom is -0.466 e. The van der Waals surface area contributed by atoms with Gasteiger partial charge >= 0.3 is 5.97 Å². The van der Waals surface area contributed by atoms with Crippen molar-refractivity contribution in [3.05, 3.63) is 0 Å². The minimum absolute atomic E-state index is 0.168. The third-order valence-corrected chi connectivity index (χ3v) is 2.14. The monoisotopic (exact) mass is 262 g/mol. The normalized spacial score (nSPS) is 9.56. The minimum atomic E-state index is -0.257. The summed E-state index contributed by atoms with van der Waals surface area (Å²) in [5.41, 5.74) is 0. The highest BCUT2D eigenvalue weighted by molar-refractivity contribution is 5.65. The molecule has 0 radical (unpaired) electrons. The van der Waals surface area contributed by atoms with E-state index in [1.165, 1.54) is 32.6 Å². The molecule has 0 bridgehead atoms. The zero-order chi connectivity index (χ0) is 14.1. The van der Waals surface area contributed by atoms with Gasteiger partial charge in [-0.25, -0.2) is 0 Å². The Hall–Kier alpha value is -0.610. The van der Waals surface area contributed by atoms with E-state index in [0.717, 1.165) is 19.6 Å². The van der Waals surface area contributed by atoms with Gasteiger partial charge in [-0.15, -0.1) is 0 Å². The molecule has 0 aliphatic rings. The number of carbonyl (C=O) groups excluding carboxylic acids is 1. The second-order valence-electron chi connectivity index (χ2n) is 4.09. The Balaban J connectivity index is 0. The molecule has 0 aromatic heterocycles. The van der Waals surface area contributed by atoms with Crippen molar-refractivity contribution in [2.75, 3.05) is 26.4 Å². The van der Waals surface area contributed by atoms with E-state index >= 15 is 0 Å². The number of aliphatic hydroxyl groups excluding tert-OH is 1. The van der Waals surface area contributed by atoms with E-state index < -0.39 is 0 Å². The van der Waals surface area contributed by atoms with Gasteiger partial charge in [-0.05, 0) is 25.7 Å². The summed E-state index contributed by atoms with van der Waals surface area (Å²) in [6.45, 7) is 8.25. The zero-order valence-electron chi connectivity index (χ0n) is 12.2. The number of rotatable bonds is 10. The summed E-state index contributed by atoms with van der Waals surface area (Å²) in [6.07, 6.45) is 6.36. The van der Waals surface area contributed by atoms with Crippen LogP contribution >= 0.6 is 0 Å². The van der Waals surface area contributed by atoms with Crippen LogP contribution in [0.1, 0.15) is 59.3 Å². The predicted molar refractivity (Wildman–Crippen MR) is 73.6 cm³/mol. The average molecular weight is 262 g/mol. The molecule has 4 heteroatoms. The molecule has 0 unspecified atom stereocenters. The van der Waals surface area contributed by atoms with E-state index in [0.29, 0.717) is 13.0 Å². The number of aliphatic hydroxyl groups is 1. The van der Waals surface area contributed by atoms with Crippen LogP contribution in [0.15, 0.2) is 0 Å². The average Bonchev–Trinajstić information content (AvgIpc) is 2.35. The largest absolute Gasteiger partial charge is 0.466 e. The SMILES string of the molecule is CC(=O)OCCCCO.CCCCOCCCC. The van der Waals surface area contributed by atoms with Gasteiger partial charge in [0.1, 0.15) is 0 Å². The van der Waals surface area contributed by atoms with Crippen molar-refractivity contribution < 1.29 is 19.4 Å². The molecule has 4 nitrogen and oxygen atoms in total. The molecule has 18 heavy (non-hydrogen) atoms. The summed E-state index contributed by atoms with van der Waals surface area (Å²) in [6, 6.07) is 0. The van der Waals surface area contributed by atoms with Gasteiger partial charge in [-0.3, -0.25) is 4.79 Å². The quantitative estimate of drug-likeness (QED) is 0.486. The van der Waals surface area contributed by atoms with Gasteiger partial charge in [-0.1, -0.05) is 26.7 Å². The van der Waals surface area contributed by atoms with Crippen LogP contribution in [0.5, 0.6) is 0 Å². The Morgan fingerprint density at radius 1 is 0.944 bits per heavy atom.